The number of aryl methyl sites for hydroxylation is 1. The first-order valence-electron chi connectivity index (χ1n) is 10.0. The Labute approximate surface area is 180 Å². The molecule has 0 aliphatic heterocycles. The van der Waals surface area contributed by atoms with Crippen LogP contribution in [0.1, 0.15) is 31.2 Å². The topological polar surface area (TPSA) is 114 Å². The van der Waals surface area contributed by atoms with Crippen LogP contribution in [0, 0.1) is 24.2 Å². The number of fused-ring (bicyclic) bond motifs is 1. The van der Waals surface area contributed by atoms with Gasteiger partial charge in [0.25, 0.3) is 0 Å². The minimum absolute atomic E-state index is 0.100. The lowest BCUT2D eigenvalue weighted by atomic mass is 10.1. The van der Waals surface area contributed by atoms with Crippen LogP contribution >= 0.6 is 0 Å². The monoisotopic (exact) mass is 432 g/mol. The first-order valence-corrected chi connectivity index (χ1v) is 11.5. The van der Waals surface area contributed by atoms with Crippen LogP contribution in [0.3, 0.4) is 0 Å². The predicted molar refractivity (Wildman–Crippen MR) is 116 cm³/mol. The largest absolute Gasteiger partial charge is 0.291 e. The van der Waals surface area contributed by atoms with E-state index in [0.717, 1.165) is 18.5 Å². The minimum Gasteiger partial charge on any atom is -0.291 e. The molecule has 1 atom stereocenters. The zero-order valence-corrected chi connectivity index (χ0v) is 17.9. The molecule has 9 heteroatoms. The van der Waals surface area contributed by atoms with Gasteiger partial charge in [-0.3, -0.25) is 9.55 Å². The van der Waals surface area contributed by atoms with E-state index in [0.29, 0.717) is 39.7 Å². The summed E-state index contributed by atoms with van der Waals surface area (Å²) in [5, 5.41) is 10.5. The van der Waals surface area contributed by atoms with Crippen molar-refractivity contribution in [2.24, 2.45) is 5.92 Å². The SMILES string of the molecule is Cc1ncc2c(C#N)c(-c3ccc(S(=O)(=O)N[C@@H](C)C4CC4)cn3)n(C3=CC=C3)c2n1. The summed E-state index contributed by atoms with van der Waals surface area (Å²) in [6.45, 7) is 3.68. The van der Waals surface area contributed by atoms with Crippen molar-refractivity contribution < 1.29 is 8.42 Å². The Balaban J connectivity index is 1.60. The maximum absolute atomic E-state index is 12.7. The van der Waals surface area contributed by atoms with Gasteiger partial charge >= 0.3 is 0 Å². The van der Waals surface area contributed by atoms with E-state index >= 15 is 0 Å². The second-order valence-corrected chi connectivity index (χ2v) is 9.62. The highest BCUT2D eigenvalue weighted by Gasteiger charge is 2.31. The zero-order valence-electron chi connectivity index (χ0n) is 17.1. The van der Waals surface area contributed by atoms with Gasteiger partial charge in [-0.25, -0.2) is 23.1 Å². The second-order valence-electron chi connectivity index (χ2n) is 7.90. The van der Waals surface area contributed by atoms with Gasteiger partial charge < -0.3 is 0 Å². The molecule has 0 amide bonds. The van der Waals surface area contributed by atoms with Crippen molar-refractivity contribution in [2.75, 3.05) is 0 Å². The molecule has 0 saturated heterocycles. The molecular weight excluding hydrogens is 412 g/mol. The lowest BCUT2D eigenvalue weighted by molar-refractivity contribution is 0.538. The quantitative estimate of drug-likeness (QED) is 0.640. The van der Waals surface area contributed by atoms with E-state index in [1.54, 1.807) is 19.2 Å². The van der Waals surface area contributed by atoms with Crippen molar-refractivity contribution in [3.8, 4) is 17.5 Å². The van der Waals surface area contributed by atoms with Crippen LogP contribution in [-0.2, 0) is 10.0 Å². The van der Waals surface area contributed by atoms with Crippen molar-refractivity contribution in [2.45, 2.75) is 37.6 Å². The van der Waals surface area contributed by atoms with E-state index in [1.807, 2.05) is 29.7 Å². The summed E-state index contributed by atoms with van der Waals surface area (Å²) in [5.41, 5.74) is 2.95. The average molecular weight is 433 g/mol. The van der Waals surface area contributed by atoms with Crippen molar-refractivity contribution in [1.82, 2.24) is 24.2 Å². The molecule has 1 N–H and O–H groups in total. The number of pyridine rings is 1. The molecule has 0 unspecified atom stereocenters. The van der Waals surface area contributed by atoms with Gasteiger partial charge in [0.15, 0.2) is 0 Å². The van der Waals surface area contributed by atoms with E-state index in [-0.39, 0.29) is 10.9 Å². The molecule has 8 nitrogen and oxygen atoms in total. The van der Waals surface area contributed by atoms with Crippen molar-refractivity contribution >= 4 is 26.8 Å². The van der Waals surface area contributed by atoms with Gasteiger partial charge in [0.1, 0.15) is 22.4 Å². The van der Waals surface area contributed by atoms with Gasteiger partial charge in [-0.2, -0.15) is 5.26 Å². The number of nitrogens with zero attached hydrogens (tertiary/aromatic N) is 5. The first kappa shape index (κ1) is 19.6. The third-order valence-electron chi connectivity index (χ3n) is 5.69. The summed E-state index contributed by atoms with van der Waals surface area (Å²) in [7, 11) is -3.66. The molecule has 3 heterocycles. The number of allylic oxidation sites excluding steroid dienone is 4. The molecule has 2 aliphatic carbocycles. The molecular formula is C22H20N6O2S. The van der Waals surface area contributed by atoms with Gasteiger partial charge in [0.05, 0.1) is 22.3 Å². The van der Waals surface area contributed by atoms with Crippen molar-refractivity contribution in [3.05, 3.63) is 54.1 Å². The number of nitriles is 1. The third kappa shape index (κ3) is 3.34. The fourth-order valence-corrected chi connectivity index (χ4v) is 5.03. The van der Waals surface area contributed by atoms with Crippen LogP contribution in [-0.4, -0.2) is 34.0 Å². The average Bonchev–Trinajstić information content (AvgIpc) is 3.51. The van der Waals surface area contributed by atoms with Crippen molar-refractivity contribution in [3.63, 3.8) is 0 Å². The Hall–Kier alpha value is -3.35. The lowest BCUT2D eigenvalue weighted by Crippen LogP contribution is -2.34. The molecule has 0 spiro atoms. The van der Waals surface area contributed by atoms with E-state index in [4.69, 9.17) is 0 Å². The predicted octanol–water partition coefficient (Wildman–Crippen LogP) is 3.16. The molecule has 0 aromatic carbocycles. The molecule has 1 saturated carbocycles. The highest BCUT2D eigenvalue weighted by Crippen LogP contribution is 2.36. The van der Waals surface area contributed by atoms with E-state index in [2.05, 4.69) is 25.7 Å². The van der Waals surface area contributed by atoms with Gasteiger partial charge in [0.2, 0.25) is 10.0 Å². The van der Waals surface area contributed by atoms with Crippen LogP contribution in [0.15, 0.2) is 47.6 Å². The van der Waals surface area contributed by atoms with Gasteiger partial charge in [-0.1, -0.05) is 6.08 Å². The Morgan fingerprint density at radius 3 is 2.61 bits per heavy atom. The molecule has 0 bridgehead atoms. The Morgan fingerprint density at radius 1 is 1.26 bits per heavy atom. The van der Waals surface area contributed by atoms with Crippen LogP contribution in [0.4, 0.5) is 0 Å². The van der Waals surface area contributed by atoms with Crippen LogP contribution in [0.5, 0.6) is 0 Å². The molecule has 3 aromatic heterocycles. The summed E-state index contributed by atoms with van der Waals surface area (Å²) in [5.74, 6) is 1.00. The number of hydrogen-bond donors (Lipinski definition) is 1. The molecule has 0 radical (unpaired) electrons. The van der Waals surface area contributed by atoms with Crippen LogP contribution < -0.4 is 4.72 Å². The third-order valence-corrected chi connectivity index (χ3v) is 7.24. The smallest absolute Gasteiger partial charge is 0.242 e. The zero-order chi connectivity index (χ0) is 21.8. The van der Waals surface area contributed by atoms with Gasteiger partial charge in [0, 0.05) is 24.1 Å². The number of nitrogens with one attached hydrogen (secondary N) is 1. The normalized spacial score (nSPS) is 16.6. The van der Waals surface area contributed by atoms with Gasteiger partial charge in [-0.15, -0.1) is 0 Å². The maximum Gasteiger partial charge on any atom is 0.242 e. The van der Waals surface area contributed by atoms with Crippen LogP contribution in [0.25, 0.3) is 28.1 Å². The molecule has 31 heavy (non-hydrogen) atoms. The van der Waals surface area contributed by atoms with Crippen LogP contribution in [0.2, 0.25) is 0 Å². The summed E-state index contributed by atoms with van der Waals surface area (Å²) < 4.78 is 30.0. The molecule has 1 fully saturated rings. The van der Waals surface area contributed by atoms with E-state index in [1.165, 1.54) is 12.3 Å². The summed E-state index contributed by atoms with van der Waals surface area (Å²) in [4.78, 5) is 13.3. The minimum atomic E-state index is -3.66. The fraction of sp³-hybridized carbons (Fsp3) is 0.273. The van der Waals surface area contributed by atoms with Crippen molar-refractivity contribution in [1.29, 1.82) is 5.26 Å². The summed E-state index contributed by atoms with van der Waals surface area (Å²) in [6, 6.07) is 5.30. The fourth-order valence-electron chi connectivity index (χ4n) is 3.77. The molecule has 2 aliphatic rings. The second kappa shape index (κ2) is 7.11. The Morgan fingerprint density at radius 2 is 2.03 bits per heavy atom. The Bertz CT molecular complexity index is 1410. The van der Waals surface area contributed by atoms with E-state index < -0.39 is 10.0 Å². The highest BCUT2D eigenvalue weighted by molar-refractivity contribution is 7.89. The summed E-state index contributed by atoms with van der Waals surface area (Å²) >= 11 is 0. The van der Waals surface area contributed by atoms with E-state index in [9.17, 15) is 13.7 Å². The first-order chi connectivity index (χ1) is 14.9. The van der Waals surface area contributed by atoms with Gasteiger partial charge in [-0.05, 0) is 56.9 Å². The number of sulfonamides is 1. The lowest BCUT2D eigenvalue weighted by Gasteiger charge is -2.15. The standard InChI is InChI=1S/C22H20N6O2S/c1-13(15-6-7-15)27-31(29,30)17-8-9-20(25-11-17)21-18(10-23)19-12-24-14(2)26-22(19)28(21)16-4-3-5-16/h3-5,8-9,11-13,15,27H,6-7H2,1-2H3/t13-/m0/s1. The number of hydrogen-bond acceptors (Lipinski definition) is 6. The number of rotatable bonds is 6. The molecule has 156 valence electrons. The molecule has 3 aromatic rings. The Kier molecular flexibility index (Phi) is 4.50. The highest BCUT2D eigenvalue weighted by atomic mass is 32.2. The summed E-state index contributed by atoms with van der Waals surface area (Å²) in [6.07, 6.45) is 10.8. The number of aromatic nitrogens is 4. The maximum atomic E-state index is 12.7. The molecule has 5 rings (SSSR count).